The molecule has 0 aliphatic rings. The maximum Gasteiger partial charge on any atom is 0.404 e. The molecule has 0 aliphatic carbocycles. The summed E-state index contributed by atoms with van der Waals surface area (Å²) in [5, 5.41) is 20.1. The quantitative estimate of drug-likeness (QED) is 0.569. The van der Waals surface area contributed by atoms with Gasteiger partial charge < -0.3 is 15.5 Å². The number of aliphatic hydroxyl groups excluding tert-OH is 1. The van der Waals surface area contributed by atoms with Crippen LogP contribution in [0.15, 0.2) is 18.2 Å². The topological polar surface area (TPSA) is 69.6 Å². The lowest BCUT2D eigenvalue weighted by Gasteiger charge is -2.00. The zero-order valence-corrected chi connectivity index (χ0v) is 9.79. The van der Waals surface area contributed by atoms with E-state index in [1.54, 1.807) is 18.2 Å². The number of carbonyl (C=O) groups is 1. The number of amides is 1. The summed E-state index contributed by atoms with van der Waals surface area (Å²) >= 11 is 5.83. The van der Waals surface area contributed by atoms with Gasteiger partial charge in [-0.3, -0.25) is 0 Å². The van der Waals surface area contributed by atoms with Gasteiger partial charge in [0.25, 0.3) is 0 Å². The third-order valence-corrected chi connectivity index (χ3v) is 2.34. The average Bonchev–Trinajstić information content (AvgIpc) is 2.30. The summed E-state index contributed by atoms with van der Waals surface area (Å²) in [6.07, 6.45) is -0.621. The Labute approximate surface area is 104 Å². The minimum atomic E-state index is -1.05. The van der Waals surface area contributed by atoms with Crippen molar-refractivity contribution in [2.75, 3.05) is 6.54 Å². The first-order chi connectivity index (χ1) is 8.13. The van der Waals surface area contributed by atoms with Crippen molar-refractivity contribution in [3.05, 3.63) is 34.3 Å². The maximum absolute atomic E-state index is 10.2. The van der Waals surface area contributed by atoms with Crippen molar-refractivity contribution in [1.82, 2.24) is 5.32 Å². The lowest BCUT2D eigenvalue weighted by molar-refractivity contribution is 0.195. The summed E-state index contributed by atoms with van der Waals surface area (Å²) in [6, 6.07) is 5.13. The lowest BCUT2D eigenvalue weighted by atomic mass is 10.1. The molecule has 0 aromatic heterocycles. The number of hydrogen-bond donors (Lipinski definition) is 3. The van der Waals surface area contributed by atoms with Gasteiger partial charge in [-0.05, 0) is 23.8 Å². The molecule has 0 atom stereocenters. The number of halogens is 1. The highest BCUT2D eigenvalue weighted by Gasteiger charge is 1.98. The Balaban J connectivity index is 2.57. The van der Waals surface area contributed by atoms with Gasteiger partial charge in [-0.2, -0.15) is 0 Å². The molecular weight excluding hydrogens is 242 g/mol. The SMILES string of the molecule is O=C(O)NCCC#Cc1ccc(Cl)c(CO)c1. The van der Waals surface area contributed by atoms with E-state index in [0.29, 0.717) is 23.6 Å². The van der Waals surface area contributed by atoms with Gasteiger partial charge in [0, 0.05) is 23.6 Å². The highest BCUT2D eigenvalue weighted by Crippen LogP contribution is 2.16. The van der Waals surface area contributed by atoms with Crippen molar-refractivity contribution in [3.63, 3.8) is 0 Å². The summed E-state index contributed by atoms with van der Waals surface area (Å²) in [7, 11) is 0. The van der Waals surface area contributed by atoms with Crippen molar-refractivity contribution in [3.8, 4) is 11.8 Å². The number of benzene rings is 1. The van der Waals surface area contributed by atoms with Crippen LogP contribution in [0, 0.1) is 11.8 Å². The van der Waals surface area contributed by atoms with E-state index in [-0.39, 0.29) is 6.61 Å². The first-order valence-corrected chi connectivity index (χ1v) is 5.36. The molecule has 0 aliphatic heterocycles. The Bertz CT molecular complexity index is 463. The number of nitrogens with one attached hydrogen (secondary N) is 1. The second-order valence-electron chi connectivity index (χ2n) is 3.25. The van der Waals surface area contributed by atoms with Crippen LogP contribution in [-0.4, -0.2) is 22.9 Å². The van der Waals surface area contributed by atoms with Crippen molar-refractivity contribution >= 4 is 17.7 Å². The van der Waals surface area contributed by atoms with Gasteiger partial charge in [0.15, 0.2) is 0 Å². The Morgan fingerprint density at radius 1 is 1.47 bits per heavy atom. The van der Waals surface area contributed by atoms with Crippen molar-refractivity contribution < 1.29 is 15.0 Å². The van der Waals surface area contributed by atoms with Gasteiger partial charge in [-0.1, -0.05) is 23.4 Å². The minimum Gasteiger partial charge on any atom is -0.465 e. The number of rotatable bonds is 3. The Kier molecular flexibility index (Phi) is 5.34. The Morgan fingerprint density at radius 2 is 2.24 bits per heavy atom. The highest BCUT2D eigenvalue weighted by molar-refractivity contribution is 6.31. The number of aliphatic hydroxyl groups is 1. The highest BCUT2D eigenvalue weighted by atomic mass is 35.5. The fourth-order valence-corrected chi connectivity index (χ4v) is 1.35. The molecule has 0 saturated carbocycles. The summed E-state index contributed by atoms with van der Waals surface area (Å²) < 4.78 is 0. The third kappa shape index (κ3) is 4.77. The molecule has 1 rings (SSSR count). The average molecular weight is 254 g/mol. The lowest BCUT2D eigenvalue weighted by Crippen LogP contribution is -2.21. The molecule has 0 saturated heterocycles. The molecule has 17 heavy (non-hydrogen) atoms. The molecule has 0 unspecified atom stereocenters. The van der Waals surface area contributed by atoms with E-state index in [1.807, 2.05) is 0 Å². The molecule has 90 valence electrons. The molecule has 1 aromatic carbocycles. The molecule has 0 radical (unpaired) electrons. The summed E-state index contributed by atoms with van der Waals surface area (Å²) in [6.45, 7) is 0.164. The van der Waals surface area contributed by atoms with E-state index in [4.69, 9.17) is 21.8 Å². The van der Waals surface area contributed by atoms with Crippen LogP contribution in [0.1, 0.15) is 17.5 Å². The van der Waals surface area contributed by atoms with Gasteiger partial charge in [-0.15, -0.1) is 0 Å². The van der Waals surface area contributed by atoms with E-state index >= 15 is 0 Å². The van der Waals surface area contributed by atoms with Gasteiger partial charge in [0.05, 0.1) is 6.61 Å². The number of carboxylic acid groups (broad SMARTS) is 1. The van der Waals surface area contributed by atoms with Gasteiger partial charge >= 0.3 is 6.09 Å². The second kappa shape index (κ2) is 6.79. The maximum atomic E-state index is 10.2. The standard InChI is InChI=1S/C12H12ClNO3/c13-11-5-4-9(7-10(11)8-15)3-1-2-6-14-12(16)17/h4-5,7,14-15H,2,6,8H2,(H,16,17). The van der Waals surface area contributed by atoms with Gasteiger partial charge in [-0.25, -0.2) is 4.79 Å². The zero-order chi connectivity index (χ0) is 12.7. The molecule has 0 spiro atoms. The van der Waals surface area contributed by atoms with E-state index in [0.717, 1.165) is 5.56 Å². The van der Waals surface area contributed by atoms with E-state index in [2.05, 4.69) is 17.2 Å². The first-order valence-electron chi connectivity index (χ1n) is 4.98. The molecular formula is C12H12ClNO3. The summed E-state index contributed by atoms with van der Waals surface area (Å²) in [4.78, 5) is 10.2. The molecule has 0 bridgehead atoms. The Hall–Kier alpha value is -1.70. The summed E-state index contributed by atoms with van der Waals surface area (Å²) in [5.41, 5.74) is 1.37. The van der Waals surface area contributed by atoms with E-state index in [9.17, 15) is 4.79 Å². The van der Waals surface area contributed by atoms with Crippen molar-refractivity contribution in [2.24, 2.45) is 0 Å². The van der Waals surface area contributed by atoms with Crippen LogP contribution in [0.5, 0.6) is 0 Å². The smallest absolute Gasteiger partial charge is 0.404 e. The normalized spacial score (nSPS) is 9.29. The Morgan fingerprint density at radius 3 is 2.88 bits per heavy atom. The van der Waals surface area contributed by atoms with Crippen LogP contribution < -0.4 is 5.32 Å². The van der Waals surface area contributed by atoms with Crippen LogP contribution in [0.2, 0.25) is 5.02 Å². The van der Waals surface area contributed by atoms with Crippen molar-refractivity contribution in [2.45, 2.75) is 13.0 Å². The van der Waals surface area contributed by atoms with E-state index in [1.165, 1.54) is 0 Å². The number of hydrogen-bond acceptors (Lipinski definition) is 2. The molecule has 0 fully saturated rings. The van der Waals surface area contributed by atoms with Crippen molar-refractivity contribution in [1.29, 1.82) is 0 Å². The molecule has 3 N–H and O–H groups in total. The molecule has 1 amide bonds. The second-order valence-corrected chi connectivity index (χ2v) is 3.66. The largest absolute Gasteiger partial charge is 0.465 e. The van der Waals surface area contributed by atoms with Crippen LogP contribution in [-0.2, 0) is 6.61 Å². The van der Waals surface area contributed by atoms with Crippen LogP contribution in [0.4, 0.5) is 4.79 Å². The predicted molar refractivity (Wildman–Crippen MR) is 64.9 cm³/mol. The monoisotopic (exact) mass is 253 g/mol. The van der Waals surface area contributed by atoms with Crippen LogP contribution in [0.3, 0.4) is 0 Å². The molecule has 4 nitrogen and oxygen atoms in total. The fraction of sp³-hybridized carbons (Fsp3) is 0.250. The zero-order valence-electron chi connectivity index (χ0n) is 9.03. The van der Waals surface area contributed by atoms with Gasteiger partial charge in [0.2, 0.25) is 0 Å². The predicted octanol–water partition coefficient (Wildman–Crippen LogP) is 1.84. The first kappa shape index (κ1) is 13.4. The van der Waals surface area contributed by atoms with Crippen LogP contribution >= 0.6 is 11.6 Å². The molecule has 0 heterocycles. The third-order valence-electron chi connectivity index (χ3n) is 1.98. The van der Waals surface area contributed by atoms with Crippen LogP contribution in [0.25, 0.3) is 0 Å². The summed E-state index contributed by atoms with van der Waals surface area (Å²) in [5.74, 6) is 5.69. The fourth-order valence-electron chi connectivity index (χ4n) is 1.17. The van der Waals surface area contributed by atoms with Gasteiger partial charge in [0.1, 0.15) is 0 Å². The minimum absolute atomic E-state index is 0.130. The molecule has 1 aromatic rings. The molecule has 5 heteroatoms. The van der Waals surface area contributed by atoms with E-state index < -0.39 is 6.09 Å².